The van der Waals surface area contributed by atoms with Gasteiger partial charge in [0.05, 0.1) is 6.54 Å². The Balaban J connectivity index is 1.93. The average Bonchev–Trinajstić information content (AvgIpc) is 2.44. The molecular formula is C16H14Cl2N2O2. The average molecular weight is 337 g/mol. The molecule has 0 atom stereocenters. The molecule has 0 aliphatic carbocycles. The molecule has 2 N–H and O–H groups in total. The summed E-state index contributed by atoms with van der Waals surface area (Å²) in [5.41, 5.74) is 1.87. The van der Waals surface area contributed by atoms with E-state index in [1.54, 1.807) is 30.3 Å². The largest absolute Gasteiger partial charge is 0.343 e. The third-order valence-electron chi connectivity index (χ3n) is 2.95. The van der Waals surface area contributed by atoms with E-state index in [1.165, 1.54) is 0 Å². The lowest BCUT2D eigenvalue weighted by molar-refractivity contribution is -0.115. The summed E-state index contributed by atoms with van der Waals surface area (Å²) in [6.07, 6.45) is 0. The molecule has 114 valence electrons. The minimum absolute atomic E-state index is 0.142. The molecule has 0 aliphatic heterocycles. The minimum Gasteiger partial charge on any atom is -0.343 e. The predicted molar refractivity (Wildman–Crippen MR) is 88.6 cm³/mol. The Morgan fingerprint density at radius 1 is 1.05 bits per heavy atom. The lowest BCUT2D eigenvalue weighted by Gasteiger charge is -2.09. The summed E-state index contributed by atoms with van der Waals surface area (Å²) in [4.78, 5) is 23.8. The van der Waals surface area contributed by atoms with E-state index in [0.717, 1.165) is 5.56 Å². The second-order valence-electron chi connectivity index (χ2n) is 4.70. The van der Waals surface area contributed by atoms with Crippen LogP contribution < -0.4 is 10.6 Å². The van der Waals surface area contributed by atoms with E-state index in [0.29, 0.717) is 21.3 Å². The van der Waals surface area contributed by atoms with Gasteiger partial charge >= 0.3 is 0 Å². The fourth-order valence-corrected chi connectivity index (χ4v) is 2.44. The maximum absolute atomic E-state index is 12.0. The predicted octanol–water partition coefficient (Wildman–Crippen LogP) is 3.67. The molecule has 0 saturated heterocycles. The van der Waals surface area contributed by atoms with Crippen LogP contribution >= 0.6 is 23.2 Å². The zero-order chi connectivity index (χ0) is 16.1. The first-order valence-corrected chi connectivity index (χ1v) is 7.31. The summed E-state index contributed by atoms with van der Waals surface area (Å²) in [6.45, 7) is 1.69. The molecule has 0 radical (unpaired) electrons. The summed E-state index contributed by atoms with van der Waals surface area (Å²) in [6, 6.07) is 11.9. The highest BCUT2D eigenvalue weighted by Gasteiger charge is 2.10. The molecule has 0 aromatic heterocycles. The molecule has 0 aliphatic rings. The zero-order valence-corrected chi connectivity index (χ0v) is 13.3. The van der Waals surface area contributed by atoms with Crippen LogP contribution in [0.3, 0.4) is 0 Å². The number of carbonyl (C=O) groups is 2. The number of rotatable bonds is 4. The van der Waals surface area contributed by atoms with Crippen LogP contribution in [0.1, 0.15) is 15.9 Å². The molecule has 0 unspecified atom stereocenters. The number of hydrogen-bond donors (Lipinski definition) is 2. The molecule has 2 amide bonds. The molecule has 0 fully saturated rings. The number of aryl methyl sites for hydroxylation is 1. The first kappa shape index (κ1) is 16.3. The van der Waals surface area contributed by atoms with Crippen molar-refractivity contribution in [2.75, 3.05) is 11.9 Å². The van der Waals surface area contributed by atoms with Gasteiger partial charge in [-0.05, 0) is 36.8 Å². The van der Waals surface area contributed by atoms with Gasteiger partial charge in [-0.25, -0.2) is 0 Å². The second-order valence-corrected chi connectivity index (χ2v) is 5.58. The van der Waals surface area contributed by atoms with Crippen molar-refractivity contribution in [2.45, 2.75) is 6.92 Å². The molecule has 2 rings (SSSR count). The van der Waals surface area contributed by atoms with Crippen LogP contribution in [0.25, 0.3) is 0 Å². The van der Waals surface area contributed by atoms with Gasteiger partial charge in [0, 0.05) is 21.3 Å². The lowest BCUT2D eigenvalue weighted by atomic mass is 10.1. The van der Waals surface area contributed by atoms with Crippen LogP contribution in [0.4, 0.5) is 5.69 Å². The molecule has 0 saturated carbocycles. The van der Waals surface area contributed by atoms with Gasteiger partial charge in [0.1, 0.15) is 0 Å². The van der Waals surface area contributed by atoms with Crippen molar-refractivity contribution in [1.82, 2.24) is 5.32 Å². The van der Waals surface area contributed by atoms with E-state index >= 15 is 0 Å². The minimum atomic E-state index is -0.361. The maximum atomic E-state index is 12.0. The number of carbonyl (C=O) groups excluding carboxylic acids is 2. The highest BCUT2D eigenvalue weighted by Crippen LogP contribution is 2.22. The van der Waals surface area contributed by atoms with Gasteiger partial charge < -0.3 is 10.6 Å². The molecule has 0 spiro atoms. The van der Waals surface area contributed by atoms with Crippen molar-refractivity contribution in [3.05, 3.63) is 63.6 Å². The van der Waals surface area contributed by atoms with Gasteiger partial charge in [0.25, 0.3) is 5.91 Å². The SMILES string of the molecule is Cc1ccccc1C(=O)NCC(=O)Nc1cc(Cl)cc(Cl)c1. The first-order chi connectivity index (χ1) is 10.5. The first-order valence-electron chi connectivity index (χ1n) is 6.55. The molecule has 4 nitrogen and oxygen atoms in total. The van der Waals surface area contributed by atoms with Crippen molar-refractivity contribution in [3.8, 4) is 0 Å². The van der Waals surface area contributed by atoms with Crippen LogP contribution in [0.2, 0.25) is 10.0 Å². The van der Waals surface area contributed by atoms with E-state index in [4.69, 9.17) is 23.2 Å². The number of hydrogen-bond acceptors (Lipinski definition) is 2. The Morgan fingerprint density at radius 3 is 2.32 bits per heavy atom. The molecule has 2 aromatic rings. The quantitative estimate of drug-likeness (QED) is 0.894. The van der Waals surface area contributed by atoms with Gasteiger partial charge in [-0.2, -0.15) is 0 Å². The van der Waals surface area contributed by atoms with Crippen LogP contribution in [0, 0.1) is 6.92 Å². The third-order valence-corrected chi connectivity index (χ3v) is 3.38. The van der Waals surface area contributed by atoms with Crippen molar-refractivity contribution in [1.29, 1.82) is 0 Å². The van der Waals surface area contributed by atoms with Crippen molar-refractivity contribution in [2.24, 2.45) is 0 Å². The number of nitrogens with one attached hydrogen (secondary N) is 2. The highest BCUT2D eigenvalue weighted by atomic mass is 35.5. The molecule has 0 bridgehead atoms. The van der Waals surface area contributed by atoms with Gasteiger partial charge in [0.15, 0.2) is 0 Å². The number of amides is 2. The van der Waals surface area contributed by atoms with Crippen molar-refractivity contribution >= 4 is 40.7 Å². The molecule has 0 heterocycles. The van der Waals surface area contributed by atoms with Crippen molar-refractivity contribution < 1.29 is 9.59 Å². The van der Waals surface area contributed by atoms with E-state index in [2.05, 4.69) is 10.6 Å². The summed E-state index contributed by atoms with van der Waals surface area (Å²) in [7, 11) is 0. The summed E-state index contributed by atoms with van der Waals surface area (Å²) in [5, 5.41) is 6.04. The van der Waals surface area contributed by atoms with E-state index < -0.39 is 0 Å². The van der Waals surface area contributed by atoms with Crippen molar-refractivity contribution in [3.63, 3.8) is 0 Å². The van der Waals surface area contributed by atoms with Gasteiger partial charge in [0.2, 0.25) is 5.91 Å². The summed E-state index contributed by atoms with van der Waals surface area (Å²) >= 11 is 11.7. The molecule has 2 aromatic carbocycles. The zero-order valence-electron chi connectivity index (χ0n) is 11.8. The van der Waals surface area contributed by atoms with Crippen LogP contribution in [0.15, 0.2) is 42.5 Å². The van der Waals surface area contributed by atoms with E-state index in [9.17, 15) is 9.59 Å². The summed E-state index contributed by atoms with van der Waals surface area (Å²) in [5.74, 6) is -0.655. The highest BCUT2D eigenvalue weighted by molar-refractivity contribution is 6.35. The Hall–Kier alpha value is -2.04. The Labute approximate surface area is 138 Å². The van der Waals surface area contributed by atoms with Crippen LogP contribution in [0.5, 0.6) is 0 Å². The third kappa shape index (κ3) is 4.48. The normalized spacial score (nSPS) is 10.1. The lowest BCUT2D eigenvalue weighted by Crippen LogP contribution is -2.33. The molecule has 22 heavy (non-hydrogen) atoms. The molecule has 6 heteroatoms. The number of benzene rings is 2. The fraction of sp³-hybridized carbons (Fsp3) is 0.125. The maximum Gasteiger partial charge on any atom is 0.251 e. The Bertz CT molecular complexity index is 697. The number of anilines is 1. The topological polar surface area (TPSA) is 58.2 Å². The second kappa shape index (κ2) is 7.29. The van der Waals surface area contributed by atoms with Crippen LogP contribution in [-0.2, 0) is 4.79 Å². The number of halogens is 2. The van der Waals surface area contributed by atoms with Gasteiger partial charge in [-0.1, -0.05) is 41.4 Å². The van der Waals surface area contributed by atoms with E-state index in [1.807, 2.05) is 19.1 Å². The van der Waals surface area contributed by atoms with Gasteiger partial charge in [-0.3, -0.25) is 9.59 Å². The Kier molecular flexibility index (Phi) is 5.41. The molecular weight excluding hydrogens is 323 g/mol. The smallest absolute Gasteiger partial charge is 0.251 e. The Morgan fingerprint density at radius 2 is 1.68 bits per heavy atom. The summed E-state index contributed by atoms with van der Waals surface area (Å²) < 4.78 is 0. The van der Waals surface area contributed by atoms with E-state index in [-0.39, 0.29) is 18.4 Å². The van der Waals surface area contributed by atoms with Gasteiger partial charge in [-0.15, -0.1) is 0 Å². The van der Waals surface area contributed by atoms with Crippen LogP contribution in [-0.4, -0.2) is 18.4 Å². The fourth-order valence-electron chi connectivity index (χ4n) is 1.91. The monoisotopic (exact) mass is 336 g/mol. The standard InChI is InChI=1S/C16H14Cl2N2O2/c1-10-4-2-3-5-14(10)16(22)19-9-15(21)20-13-7-11(17)6-12(18)8-13/h2-8H,9H2,1H3,(H,19,22)(H,20,21).